The van der Waals surface area contributed by atoms with Crippen molar-refractivity contribution in [3.8, 4) is 0 Å². The minimum Gasteiger partial charge on any atom is -0.398 e. The van der Waals surface area contributed by atoms with Crippen LogP contribution in [-0.2, 0) is 6.54 Å². The van der Waals surface area contributed by atoms with E-state index in [-0.39, 0.29) is 6.03 Å². The van der Waals surface area contributed by atoms with Crippen LogP contribution >= 0.6 is 0 Å². The van der Waals surface area contributed by atoms with Crippen molar-refractivity contribution in [3.63, 3.8) is 0 Å². The highest BCUT2D eigenvalue weighted by Crippen LogP contribution is 2.30. The van der Waals surface area contributed by atoms with Crippen LogP contribution in [-0.4, -0.2) is 23.0 Å². The summed E-state index contributed by atoms with van der Waals surface area (Å²) in [6.45, 7) is 0.621. The summed E-state index contributed by atoms with van der Waals surface area (Å²) in [6.07, 6.45) is 5.71. The molecule has 0 aromatic heterocycles. The van der Waals surface area contributed by atoms with E-state index in [1.54, 1.807) is 0 Å². The van der Waals surface area contributed by atoms with Gasteiger partial charge in [-0.3, -0.25) is 0 Å². The van der Waals surface area contributed by atoms with Gasteiger partial charge in [0.2, 0.25) is 0 Å². The first-order valence-corrected chi connectivity index (χ1v) is 7.14. The third-order valence-electron chi connectivity index (χ3n) is 4.08. The van der Waals surface area contributed by atoms with Gasteiger partial charge in [0, 0.05) is 24.3 Å². The molecule has 0 radical (unpaired) electrons. The lowest BCUT2D eigenvalue weighted by Crippen LogP contribution is -2.47. The maximum Gasteiger partial charge on any atom is 0.318 e. The molecule has 19 heavy (non-hydrogen) atoms. The molecule has 0 spiro atoms. The van der Waals surface area contributed by atoms with E-state index in [0.717, 1.165) is 36.9 Å². The number of nitrogen functional groups attached to an aromatic ring is 1. The second-order valence-electron chi connectivity index (χ2n) is 5.64. The number of nitrogens with two attached hydrogens (primary N) is 1. The first-order valence-electron chi connectivity index (χ1n) is 7.14. The van der Waals surface area contributed by atoms with Gasteiger partial charge in [0.1, 0.15) is 0 Å². The van der Waals surface area contributed by atoms with Crippen LogP contribution in [0.15, 0.2) is 24.3 Å². The van der Waals surface area contributed by atoms with Gasteiger partial charge in [-0.2, -0.15) is 0 Å². The Morgan fingerprint density at radius 1 is 1.26 bits per heavy atom. The quantitative estimate of drug-likeness (QED) is 0.816. The number of para-hydroxylation sites is 1. The largest absolute Gasteiger partial charge is 0.398 e. The summed E-state index contributed by atoms with van der Waals surface area (Å²) in [4.78, 5) is 14.3. The van der Waals surface area contributed by atoms with E-state index in [0.29, 0.717) is 18.6 Å². The van der Waals surface area contributed by atoms with Crippen molar-refractivity contribution < 1.29 is 4.79 Å². The molecule has 0 aliphatic heterocycles. The minimum atomic E-state index is 0.0791. The second-order valence-corrected chi connectivity index (χ2v) is 5.64. The van der Waals surface area contributed by atoms with Crippen molar-refractivity contribution in [2.24, 2.45) is 0 Å². The topological polar surface area (TPSA) is 58.4 Å². The molecule has 2 amide bonds. The van der Waals surface area contributed by atoms with Crippen LogP contribution in [0.3, 0.4) is 0 Å². The van der Waals surface area contributed by atoms with Crippen LogP contribution in [0.25, 0.3) is 0 Å². The Kier molecular flexibility index (Phi) is 3.32. The molecule has 1 aromatic rings. The van der Waals surface area contributed by atoms with E-state index in [1.807, 2.05) is 29.2 Å². The van der Waals surface area contributed by atoms with E-state index in [4.69, 9.17) is 5.73 Å². The molecule has 102 valence electrons. The van der Waals surface area contributed by atoms with Crippen molar-refractivity contribution in [2.75, 3.05) is 5.73 Å². The lowest BCUT2D eigenvalue weighted by molar-refractivity contribution is 0.181. The summed E-state index contributed by atoms with van der Waals surface area (Å²) in [6, 6.07) is 8.66. The number of benzene rings is 1. The number of amides is 2. The zero-order valence-corrected chi connectivity index (χ0v) is 11.1. The Hall–Kier alpha value is -1.71. The molecule has 1 aromatic carbocycles. The van der Waals surface area contributed by atoms with Crippen LogP contribution < -0.4 is 11.1 Å². The summed E-state index contributed by atoms with van der Waals surface area (Å²) < 4.78 is 0. The monoisotopic (exact) mass is 259 g/mol. The van der Waals surface area contributed by atoms with E-state index >= 15 is 0 Å². The summed E-state index contributed by atoms with van der Waals surface area (Å²) in [5.74, 6) is 0. The molecule has 2 fully saturated rings. The maximum absolute atomic E-state index is 12.3. The Morgan fingerprint density at radius 3 is 2.58 bits per heavy atom. The zero-order valence-electron chi connectivity index (χ0n) is 11.1. The number of nitrogens with zero attached hydrogens (tertiary/aromatic N) is 1. The van der Waals surface area contributed by atoms with E-state index < -0.39 is 0 Å². The highest BCUT2D eigenvalue weighted by molar-refractivity contribution is 5.75. The Balaban J connectivity index is 1.67. The predicted octanol–water partition coefficient (Wildman–Crippen LogP) is 2.50. The SMILES string of the molecule is Nc1ccccc1CN(C(=O)NC1CCC1)C1CC1. The second kappa shape index (κ2) is 5.11. The molecule has 4 nitrogen and oxygen atoms in total. The third-order valence-corrected chi connectivity index (χ3v) is 4.08. The highest BCUT2D eigenvalue weighted by atomic mass is 16.2. The molecule has 2 aliphatic rings. The predicted molar refractivity (Wildman–Crippen MR) is 75.6 cm³/mol. The number of urea groups is 1. The van der Waals surface area contributed by atoms with Crippen LogP contribution in [0.5, 0.6) is 0 Å². The number of rotatable bonds is 4. The molecule has 0 saturated heterocycles. The van der Waals surface area contributed by atoms with Gasteiger partial charge < -0.3 is 16.0 Å². The molecule has 3 N–H and O–H groups in total. The van der Waals surface area contributed by atoms with Crippen molar-refractivity contribution in [1.29, 1.82) is 0 Å². The number of nitrogens with one attached hydrogen (secondary N) is 1. The van der Waals surface area contributed by atoms with E-state index in [1.165, 1.54) is 6.42 Å². The van der Waals surface area contributed by atoms with Crippen molar-refractivity contribution in [2.45, 2.75) is 50.7 Å². The highest BCUT2D eigenvalue weighted by Gasteiger charge is 2.34. The fourth-order valence-corrected chi connectivity index (χ4v) is 2.42. The van der Waals surface area contributed by atoms with E-state index in [9.17, 15) is 4.79 Å². The van der Waals surface area contributed by atoms with Gasteiger partial charge in [-0.25, -0.2) is 4.79 Å². The molecule has 0 heterocycles. The van der Waals surface area contributed by atoms with Crippen molar-refractivity contribution >= 4 is 11.7 Å². The number of hydrogen-bond acceptors (Lipinski definition) is 2. The Labute approximate surface area is 114 Å². The molecular weight excluding hydrogens is 238 g/mol. The molecular formula is C15H21N3O. The maximum atomic E-state index is 12.3. The minimum absolute atomic E-state index is 0.0791. The van der Waals surface area contributed by atoms with Crippen LogP contribution in [0.4, 0.5) is 10.5 Å². The molecule has 2 aliphatic carbocycles. The average Bonchev–Trinajstić information content (AvgIpc) is 3.17. The van der Waals surface area contributed by atoms with E-state index in [2.05, 4.69) is 5.32 Å². The standard InChI is InChI=1S/C15H21N3O/c16-14-7-2-1-4-11(14)10-18(13-8-9-13)15(19)17-12-5-3-6-12/h1-2,4,7,12-13H,3,5-6,8-10,16H2,(H,17,19). The van der Waals surface area contributed by atoms with Gasteiger partial charge in [0.25, 0.3) is 0 Å². The van der Waals surface area contributed by atoms with Crippen LogP contribution in [0, 0.1) is 0 Å². The summed E-state index contributed by atoms with van der Waals surface area (Å²) in [7, 11) is 0. The van der Waals surface area contributed by atoms with Gasteiger partial charge >= 0.3 is 6.03 Å². The van der Waals surface area contributed by atoms with Gasteiger partial charge in [0.05, 0.1) is 0 Å². The molecule has 0 bridgehead atoms. The zero-order chi connectivity index (χ0) is 13.2. The van der Waals surface area contributed by atoms with Crippen LogP contribution in [0.2, 0.25) is 0 Å². The smallest absolute Gasteiger partial charge is 0.318 e. The molecule has 4 heteroatoms. The summed E-state index contributed by atoms with van der Waals surface area (Å²) in [5, 5.41) is 3.12. The van der Waals surface area contributed by atoms with Gasteiger partial charge in [0.15, 0.2) is 0 Å². The Morgan fingerprint density at radius 2 is 2.00 bits per heavy atom. The van der Waals surface area contributed by atoms with Gasteiger partial charge in [-0.05, 0) is 43.7 Å². The first-order chi connectivity index (χ1) is 9.24. The Bertz CT molecular complexity index is 466. The van der Waals surface area contributed by atoms with Crippen molar-refractivity contribution in [1.82, 2.24) is 10.2 Å². The van der Waals surface area contributed by atoms with Gasteiger partial charge in [-0.1, -0.05) is 18.2 Å². The van der Waals surface area contributed by atoms with Gasteiger partial charge in [-0.15, -0.1) is 0 Å². The summed E-state index contributed by atoms with van der Waals surface area (Å²) in [5.41, 5.74) is 7.78. The number of hydrogen-bond donors (Lipinski definition) is 2. The summed E-state index contributed by atoms with van der Waals surface area (Å²) >= 11 is 0. The normalized spacial score (nSPS) is 18.7. The first kappa shape index (κ1) is 12.3. The number of carbonyl (C=O) groups is 1. The number of carbonyl (C=O) groups excluding carboxylic acids is 1. The molecule has 0 unspecified atom stereocenters. The average molecular weight is 259 g/mol. The third kappa shape index (κ3) is 2.83. The number of anilines is 1. The molecule has 3 rings (SSSR count). The fraction of sp³-hybridized carbons (Fsp3) is 0.533. The van der Waals surface area contributed by atoms with Crippen molar-refractivity contribution in [3.05, 3.63) is 29.8 Å². The molecule has 0 atom stereocenters. The fourth-order valence-electron chi connectivity index (χ4n) is 2.42. The lowest BCUT2D eigenvalue weighted by Gasteiger charge is -2.31. The van der Waals surface area contributed by atoms with Crippen LogP contribution in [0.1, 0.15) is 37.7 Å². The lowest BCUT2D eigenvalue weighted by atomic mass is 9.93. The molecule has 2 saturated carbocycles.